The number of ether oxygens (including phenoxy) is 2. The highest BCUT2D eigenvalue weighted by molar-refractivity contribution is 9.10. The molecule has 3 rings (SSSR count). The minimum absolute atomic E-state index is 0.0982. The molecule has 7 nitrogen and oxygen atoms in total. The van der Waals surface area contributed by atoms with Gasteiger partial charge in [-0.3, -0.25) is 14.3 Å². The summed E-state index contributed by atoms with van der Waals surface area (Å²) in [6, 6.07) is 2.65. The van der Waals surface area contributed by atoms with Crippen LogP contribution in [-0.2, 0) is 4.79 Å². The molecule has 1 atom stereocenters. The summed E-state index contributed by atoms with van der Waals surface area (Å²) in [5.41, 5.74) is 1.61. The normalized spacial score (nSPS) is 13.7. The van der Waals surface area contributed by atoms with Crippen LogP contribution in [0.5, 0.6) is 11.5 Å². The molecule has 0 spiro atoms. The van der Waals surface area contributed by atoms with Crippen molar-refractivity contribution >= 4 is 33.3 Å². The number of rotatable bonds is 4. The fourth-order valence-electron chi connectivity index (χ4n) is 2.48. The Labute approximate surface area is 147 Å². The number of nitrogens with one attached hydrogen (secondary N) is 1. The highest BCUT2D eigenvalue weighted by Crippen LogP contribution is 2.37. The first-order valence-corrected chi connectivity index (χ1v) is 8.13. The Bertz CT molecular complexity index is 831. The molecule has 1 aliphatic rings. The average Bonchev–Trinajstić information content (AvgIpc) is 3.12. The van der Waals surface area contributed by atoms with Gasteiger partial charge in [0.15, 0.2) is 17.3 Å². The number of Topliss-reactive ketones (excluding diaryl/α,β-unsaturated/α-hetero) is 1. The second kappa shape index (κ2) is 6.27. The molecule has 1 aromatic carbocycles. The Morgan fingerprint density at radius 3 is 2.58 bits per heavy atom. The van der Waals surface area contributed by atoms with Crippen molar-refractivity contribution in [2.75, 3.05) is 12.1 Å². The molecule has 1 aromatic heterocycles. The molecule has 2 heterocycles. The Morgan fingerprint density at radius 2 is 2.00 bits per heavy atom. The number of ketones is 1. The quantitative estimate of drug-likeness (QED) is 0.806. The molecular weight excluding hydrogens is 378 g/mol. The van der Waals surface area contributed by atoms with E-state index in [9.17, 15) is 9.59 Å². The second-order valence-corrected chi connectivity index (χ2v) is 6.35. The molecule has 8 heteroatoms. The van der Waals surface area contributed by atoms with Crippen LogP contribution in [0.3, 0.4) is 0 Å². The number of hydrogen-bond acceptors (Lipinski definition) is 5. The van der Waals surface area contributed by atoms with E-state index < -0.39 is 6.04 Å². The lowest BCUT2D eigenvalue weighted by atomic mass is 10.1. The number of nitrogens with zero attached hydrogens (tertiary/aromatic N) is 2. The predicted octanol–water partition coefficient (Wildman–Crippen LogP) is 3.09. The Kier molecular flexibility index (Phi) is 4.31. The standard InChI is InChI=1S/C16H16BrN3O4/c1-8-12(17)6-18-20(8)9(2)16(22)19-13-5-15-14(23-7-24-15)4-11(13)10(3)21/h4-6,9H,7H2,1-3H3,(H,19,22). The second-order valence-electron chi connectivity index (χ2n) is 5.49. The lowest BCUT2D eigenvalue weighted by molar-refractivity contribution is -0.119. The van der Waals surface area contributed by atoms with Crippen LogP contribution in [0.2, 0.25) is 0 Å². The van der Waals surface area contributed by atoms with Crippen LogP contribution in [0.15, 0.2) is 22.8 Å². The van der Waals surface area contributed by atoms with Crippen molar-refractivity contribution < 1.29 is 19.1 Å². The number of halogens is 1. The highest BCUT2D eigenvalue weighted by Gasteiger charge is 2.23. The molecule has 0 saturated heterocycles. The van der Waals surface area contributed by atoms with Gasteiger partial charge in [-0.1, -0.05) is 0 Å². The SMILES string of the molecule is CC(=O)c1cc2c(cc1NC(=O)C(C)n1ncc(Br)c1C)OCO2. The zero-order valence-corrected chi connectivity index (χ0v) is 15.0. The first-order chi connectivity index (χ1) is 11.4. The van der Waals surface area contributed by atoms with Crippen molar-refractivity contribution in [3.8, 4) is 11.5 Å². The third kappa shape index (κ3) is 2.89. The fraction of sp³-hybridized carbons (Fsp3) is 0.312. The molecule has 0 bridgehead atoms. The number of fused-ring (bicyclic) bond motifs is 1. The number of carbonyl (C=O) groups is 2. The molecule has 0 radical (unpaired) electrons. The summed E-state index contributed by atoms with van der Waals surface area (Å²) in [5, 5.41) is 6.98. The summed E-state index contributed by atoms with van der Waals surface area (Å²) in [6.45, 7) is 5.14. The third-order valence-electron chi connectivity index (χ3n) is 3.88. The van der Waals surface area contributed by atoms with E-state index in [1.54, 1.807) is 29.9 Å². The summed E-state index contributed by atoms with van der Waals surface area (Å²) in [5.74, 6) is 0.545. The summed E-state index contributed by atoms with van der Waals surface area (Å²) >= 11 is 3.37. The van der Waals surface area contributed by atoms with Crippen molar-refractivity contribution in [1.82, 2.24) is 9.78 Å². The van der Waals surface area contributed by atoms with Gasteiger partial charge in [-0.25, -0.2) is 0 Å². The fourth-order valence-corrected chi connectivity index (χ4v) is 2.75. The van der Waals surface area contributed by atoms with E-state index in [4.69, 9.17) is 9.47 Å². The molecule has 126 valence electrons. The maximum Gasteiger partial charge on any atom is 0.248 e. The Morgan fingerprint density at radius 1 is 1.33 bits per heavy atom. The molecule has 0 fully saturated rings. The molecule has 1 unspecified atom stereocenters. The number of hydrogen-bond donors (Lipinski definition) is 1. The van der Waals surface area contributed by atoms with Gasteiger partial charge in [0.2, 0.25) is 12.7 Å². The van der Waals surface area contributed by atoms with Gasteiger partial charge in [0.05, 0.1) is 22.1 Å². The zero-order valence-electron chi connectivity index (χ0n) is 13.4. The lowest BCUT2D eigenvalue weighted by Gasteiger charge is -2.16. The Balaban J connectivity index is 1.89. The largest absolute Gasteiger partial charge is 0.454 e. The van der Waals surface area contributed by atoms with Crippen molar-refractivity contribution in [2.24, 2.45) is 0 Å². The van der Waals surface area contributed by atoms with E-state index in [0.29, 0.717) is 22.7 Å². The van der Waals surface area contributed by atoms with E-state index in [1.165, 1.54) is 6.92 Å². The van der Waals surface area contributed by atoms with Gasteiger partial charge in [-0.15, -0.1) is 0 Å². The topological polar surface area (TPSA) is 82.5 Å². The van der Waals surface area contributed by atoms with Gasteiger partial charge >= 0.3 is 0 Å². The van der Waals surface area contributed by atoms with Crippen LogP contribution in [0, 0.1) is 6.92 Å². The van der Waals surface area contributed by atoms with Crippen LogP contribution >= 0.6 is 15.9 Å². The van der Waals surface area contributed by atoms with E-state index >= 15 is 0 Å². The van der Waals surface area contributed by atoms with Gasteiger partial charge in [-0.05, 0) is 42.8 Å². The van der Waals surface area contributed by atoms with Crippen LogP contribution in [0.1, 0.15) is 35.9 Å². The number of aromatic nitrogens is 2. The molecule has 1 N–H and O–H groups in total. The lowest BCUT2D eigenvalue weighted by Crippen LogP contribution is -2.26. The number of benzene rings is 1. The van der Waals surface area contributed by atoms with Crippen molar-refractivity contribution in [2.45, 2.75) is 26.8 Å². The first kappa shape index (κ1) is 16.5. The van der Waals surface area contributed by atoms with E-state index in [2.05, 4.69) is 26.3 Å². The molecule has 1 amide bonds. The molecule has 1 aliphatic heterocycles. The van der Waals surface area contributed by atoms with E-state index in [-0.39, 0.29) is 18.5 Å². The smallest absolute Gasteiger partial charge is 0.248 e. The highest BCUT2D eigenvalue weighted by atomic mass is 79.9. The van der Waals surface area contributed by atoms with Crippen LogP contribution in [-0.4, -0.2) is 28.3 Å². The maximum atomic E-state index is 12.6. The summed E-state index contributed by atoms with van der Waals surface area (Å²) in [7, 11) is 0. The molecular formula is C16H16BrN3O4. The minimum Gasteiger partial charge on any atom is -0.454 e. The summed E-state index contributed by atoms with van der Waals surface area (Å²) in [4.78, 5) is 24.5. The van der Waals surface area contributed by atoms with Crippen LogP contribution in [0.25, 0.3) is 0 Å². The zero-order chi connectivity index (χ0) is 17.4. The molecule has 0 aliphatic carbocycles. The predicted molar refractivity (Wildman–Crippen MR) is 90.6 cm³/mol. The molecule has 24 heavy (non-hydrogen) atoms. The number of carbonyl (C=O) groups excluding carboxylic acids is 2. The van der Waals surface area contributed by atoms with Crippen molar-refractivity contribution in [3.63, 3.8) is 0 Å². The molecule has 2 aromatic rings. The van der Waals surface area contributed by atoms with Gasteiger partial charge in [0.25, 0.3) is 0 Å². The van der Waals surface area contributed by atoms with Gasteiger partial charge in [0, 0.05) is 11.6 Å². The van der Waals surface area contributed by atoms with Gasteiger partial charge in [0.1, 0.15) is 6.04 Å². The maximum absolute atomic E-state index is 12.6. The number of amides is 1. The average molecular weight is 394 g/mol. The third-order valence-corrected chi connectivity index (χ3v) is 4.66. The van der Waals surface area contributed by atoms with Gasteiger partial charge in [-0.2, -0.15) is 5.10 Å². The molecule has 0 saturated carbocycles. The minimum atomic E-state index is -0.540. The first-order valence-electron chi connectivity index (χ1n) is 7.33. The summed E-state index contributed by atoms with van der Waals surface area (Å²) in [6.07, 6.45) is 1.64. The van der Waals surface area contributed by atoms with Crippen LogP contribution in [0.4, 0.5) is 5.69 Å². The monoisotopic (exact) mass is 393 g/mol. The van der Waals surface area contributed by atoms with Crippen LogP contribution < -0.4 is 14.8 Å². The van der Waals surface area contributed by atoms with E-state index in [0.717, 1.165) is 10.2 Å². The summed E-state index contributed by atoms with van der Waals surface area (Å²) < 4.78 is 13.0. The number of anilines is 1. The van der Waals surface area contributed by atoms with Crippen molar-refractivity contribution in [1.29, 1.82) is 0 Å². The Hall–Kier alpha value is -2.35. The van der Waals surface area contributed by atoms with Gasteiger partial charge < -0.3 is 14.8 Å². The van der Waals surface area contributed by atoms with Crippen molar-refractivity contribution in [3.05, 3.63) is 34.1 Å². The van der Waals surface area contributed by atoms with E-state index in [1.807, 2.05) is 6.92 Å².